The summed E-state index contributed by atoms with van der Waals surface area (Å²) in [4.78, 5) is 25.5. The van der Waals surface area contributed by atoms with Gasteiger partial charge in [0.1, 0.15) is 5.75 Å². The number of nitrogens with one attached hydrogen (secondary N) is 2. The fourth-order valence-corrected chi connectivity index (χ4v) is 4.11. The lowest BCUT2D eigenvalue weighted by atomic mass is 10.0. The van der Waals surface area contributed by atoms with Crippen LogP contribution in [-0.2, 0) is 0 Å². The molecular formula is C32H26N4O3. The molecule has 0 spiro atoms. The molecule has 39 heavy (non-hydrogen) atoms. The highest BCUT2D eigenvalue weighted by atomic mass is 16.3. The summed E-state index contributed by atoms with van der Waals surface area (Å²) in [5, 5.41) is 16.1. The smallest absolute Gasteiger partial charge is 0.259 e. The number of hydrogen-bond acceptors (Lipinski definition) is 5. The largest absolute Gasteiger partial charge is 0.507 e. The van der Waals surface area contributed by atoms with Gasteiger partial charge in [-0.3, -0.25) is 9.59 Å². The standard InChI is InChI=1S/C32H26N4O3/c33-25-10-1-20(2-11-25)22-5-14-27(15-6-22)35-31(38)24-9-18-29(30(37)19-24)32(39)36-28-16-7-23(8-17-28)21-3-12-26(34)13-4-21/h1-19,37H,33-34H2,(H,35,38)(H,36,39). The van der Waals surface area contributed by atoms with E-state index in [1.54, 1.807) is 24.3 Å². The van der Waals surface area contributed by atoms with Crippen LogP contribution in [0.15, 0.2) is 115 Å². The molecule has 7 N–H and O–H groups in total. The summed E-state index contributed by atoms with van der Waals surface area (Å²) >= 11 is 0. The maximum Gasteiger partial charge on any atom is 0.259 e. The summed E-state index contributed by atoms with van der Waals surface area (Å²) in [6.45, 7) is 0. The van der Waals surface area contributed by atoms with E-state index in [0.29, 0.717) is 22.7 Å². The summed E-state index contributed by atoms with van der Waals surface area (Å²) in [6, 6.07) is 33.9. The third-order valence-corrected chi connectivity index (χ3v) is 6.28. The van der Waals surface area contributed by atoms with Crippen molar-refractivity contribution in [3.05, 3.63) is 126 Å². The van der Waals surface area contributed by atoms with Gasteiger partial charge >= 0.3 is 0 Å². The minimum atomic E-state index is -0.488. The van der Waals surface area contributed by atoms with Crippen molar-refractivity contribution < 1.29 is 14.7 Å². The molecule has 0 aliphatic carbocycles. The number of aromatic hydroxyl groups is 1. The second-order valence-corrected chi connectivity index (χ2v) is 9.04. The Morgan fingerprint density at radius 2 is 0.897 bits per heavy atom. The molecule has 5 aromatic rings. The van der Waals surface area contributed by atoms with Gasteiger partial charge in [-0.1, -0.05) is 48.5 Å². The Balaban J connectivity index is 1.22. The topological polar surface area (TPSA) is 130 Å². The first-order valence-electron chi connectivity index (χ1n) is 12.2. The van der Waals surface area contributed by atoms with E-state index >= 15 is 0 Å². The van der Waals surface area contributed by atoms with E-state index in [0.717, 1.165) is 22.3 Å². The zero-order valence-corrected chi connectivity index (χ0v) is 20.9. The lowest BCUT2D eigenvalue weighted by Gasteiger charge is -2.10. The Morgan fingerprint density at radius 3 is 1.31 bits per heavy atom. The van der Waals surface area contributed by atoms with E-state index < -0.39 is 11.8 Å². The molecule has 5 aromatic carbocycles. The fraction of sp³-hybridized carbons (Fsp3) is 0. The molecule has 7 nitrogen and oxygen atoms in total. The number of amides is 2. The molecule has 0 unspecified atom stereocenters. The molecule has 2 amide bonds. The molecule has 0 aromatic heterocycles. The van der Waals surface area contributed by atoms with E-state index in [2.05, 4.69) is 10.6 Å². The van der Waals surface area contributed by atoms with Crippen LogP contribution in [0.1, 0.15) is 20.7 Å². The summed E-state index contributed by atoms with van der Waals surface area (Å²) in [5.74, 6) is -1.19. The third-order valence-electron chi connectivity index (χ3n) is 6.28. The molecule has 0 radical (unpaired) electrons. The number of benzene rings is 5. The van der Waals surface area contributed by atoms with Crippen molar-refractivity contribution in [3.8, 4) is 28.0 Å². The van der Waals surface area contributed by atoms with Gasteiger partial charge in [0.15, 0.2) is 0 Å². The monoisotopic (exact) mass is 514 g/mol. The number of carbonyl (C=O) groups is 2. The number of nitrogens with two attached hydrogens (primary N) is 2. The highest BCUT2D eigenvalue weighted by molar-refractivity contribution is 6.09. The Morgan fingerprint density at radius 1 is 0.513 bits per heavy atom. The highest BCUT2D eigenvalue weighted by Gasteiger charge is 2.15. The molecule has 0 aliphatic rings. The SMILES string of the molecule is Nc1ccc(-c2ccc(NC(=O)c3ccc(C(=O)Nc4ccc(-c5ccc(N)cc5)cc4)c(O)c3)cc2)cc1. The molecule has 0 aliphatic heterocycles. The van der Waals surface area contributed by atoms with Crippen LogP contribution < -0.4 is 22.1 Å². The number of anilines is 4. The fourth-order valence-electron chi connectivity index (χ4n) is 4.11. The number of hydrogen-bond donors (Lipinski definition) is 5. The van der Waals surface area contributed by atoms with E-state index in [9.17, 15) is 14.7 Å². The molecule has 7 heteroatoms. The van der Waals surface area contributed by atoms with Crippen molar-refractivity contribution in [1.82, 2.24) is 0 Å². The molecule has 192 valence electrons. The van der Waals surface area contributed by atoms with Crippen LogP contribution in [0.25, 0.3) is 22.3 Å². The first-order chi connectivity index (χ1) is 18.9. The van der Waals surface area contributed by atoms with Crippen LogP contribution >= 0.6 is 0 Å². The highest BCUT2D eigenvalue weighted by Crippen LogP contribution is 2.26. The predicted molar refractivity (Wildman–Crippen MR) is 157 cm³/mol. The Hall–Kier alpha value is -5.56. The average molecular weight is 515 g/mol. The average Bonchev–Trinajstić information content (AvgIpc) is 2.95. The van der Waals surface area contributed by atoms with Gasteiger partial charge in [0, 0.05) is 28.3 Å². The molecule has 0 heterocycles. The second-order valence-electron chi connectivity index (χ2n) is 9.04. The molecule has 5 rings (SSSR count). The van der Waals surface area contributed by atoms with Gasteiger partial charge in [-0.25, -0.2) is 0 Å². The zero-order valence-electron chi connectivity index (χ0n) is 20.9. The van der Waals surface area contributed by atoms with Gasteiger partial charge in [0.2, 0.25) is 0 Å². The van der Waals surface area contributed by atoms with Crippen LogP contribution in [0.3, 0.4) is 0 Å². The lowest BCUT2D eigenvalue weighted by Crippen LogP contribution is -2.14. The van der Waals surface area contributed by atoms with Crippen LogP contribution in [-0.4, -0.2) is 16.9 Å². The maximum atomic E-state index is 12.8. The van der Waals surface area contributed by atoms with Gasteiger partial charge in [-0.2, -0.15) is 0 Å². The van der Waals surface area contributed by atoms with Crippen molar-refractivity contribution in [3.63, 3.8) is 0 Å². The lowest BCUT2D eigenvalue weighted by molar-refractivity contribution is 0.101. The first kappa shape index (κ1) is 25.1. The number of nitrogen functional groups attached to an aromatic ring is 2. The van der Waals surface area contributed by atoms with Crippen LogP contribution in [0, 0.1) is 0 Å². The number of phenolic OH excluding ortho intramolecular Hbond substituents is 1. The molecule has 0 saturated heterocycles. The molecule has 0 fully saturated rings. The number of phenols is 1. The Labute approximate surface area is 225 Å². The van der Waals surface area contributed by atoms with Gasteiger partial charge in [0.05, 0.1) is 5.56 Å². The maximum absolute atomic E-state index is 12.8. The summed E-state index contributed by atoms with van der Waals surface area (Å²) < 4.78 is 0. The zero-order chi connectivity index (χ0) is 27.4. The summed E-state index contributed by atoms with van der Waals surface area (Å²) in [5.41, 5.74) is 18.3. The molecule has 0 bridgehead atoms. The predicted octanol–water partition coefficient (Wildman–Crippen LogP) is 6.40. The van der Waals surface area contributed by atoms with Crippen LogP contribution in [0.5, 0.6) is 5.75 Å². The van der Waals surface area contributed by atoms with Crippen molar-refractivity contribution in [2.45, 2.75) is 0 Å². The normalized spacial score (nSPS) is 10.6. The van der Waals surface area contributed by atoms with E-state index in [4.69, 9.17) is 11.5 Å². The minimum absolute atomic E-state index is 0.0574. The third kappa shape index (κ3) is 5.89. The van der Waals surface area contributed by atoms with Crippen molar-refractivity contribution in [2.75, 3.05) is 22.1 Å². The number of rotatable bonds is 6. The Bertz CT molecular complexity index is 1630. The van der Waals surface area contributed by atoms with Crippen LogP contribution in [0.2, 0.25) is 0 Å². The Kier molecular flexibility index (Phi) is 6.96. The summed E-state index contributed by atoms with van der Waals surface area (Å²) in [6.07, 6.45) is 0. The van der Waals surface area contributed by atoms with Crippen molar-refractivity contribution >= 4 is 34.6 Å². The van der Waals surface area contributed by atoms with E-state index in [-0.39, 0.29) is 16.9 Å². The molecular weight excluding hydrogens is 488 g/mol. The van der Waals surface area contributed by atoms with Crippen LogP contribution in [0.4, 0.5) is 22.7 Å². The van der Waals surface area contributed by atoms with Gasteiger partial charge in [-0.05, 0) is 89.0 Å². The second kappa shape index (κ2) is 10.8. The molecule has 0 saturated carbocycles. The minimum Gasteiger partial charge on any atom is -0.507 e. The quantitative estimate of drug-likeness (QED) is 0.168. The van der Waals surface area contributed by atoms with Crippen molar-refractivity contribution in [2.24, 2.45) is 0 Å². The molecule has 0 atom stereocenters. The number of carbonyl (C=O) groups excluding carboxylic acids is 2. The van der Waals surface area contributed by atoms with Crippen molar-refractivity contribution in [1.29, 1.82) is 0 Å². The van der Waals surface area contributed by atoms with Gasteiger partial charge < -0.3 is 27.2 Å². The summed E-state index contributed by atoms with van der Waals surface area (Å²) in [7, 11) is 0. The first-order valence-corrected chi connectivity index (χ1v) is 12.2. The van der Waals surface area contributed by atoms with Gasteiger partial charge in [-0.15, -0.1) is 0 Å². The van der Waals surface area contributed by atoms with E-state index in [1.807, 2.05) is 72.8 Å². The van der Waals surface area contributed by atoms with E-state index in [1.165, 1.54) is 18.2 Å². The van der Waals surface area contributed by atoms with Gasteiger partial charge in [0.25, 0.3) is 11.8 Å².